The second-order valence-corrected chi connectivity index (χ2v) is 8.15. The van der Waals surface area contributed by atoms with Gasteiger partial charge in [-0.05, 0) is 54.1 Å². The number of nitrogens with one attached hydrogen (secondary N) is 2. The van der Waals surface area contributed by atoms with Crippen LogP contribution in [0.5, 0.6) is 17.2 Å². The van der Waals surface area contributed by atoms with Crippen molar-refractivity contribution in [3.05, 3.63) is 121 Å². The van der Waals surface area contributed by atoms with Crippen LogP contribution in [0.2, 0.25) is 0 Å². The zero-order valence-electron chi connectivity index (χ0n) is 20.2. The number of ether oxygens (including phenoxy) is 3. The van der Waals surface area contributed by atoms with Crippen LogP contribution in [0.3, 0.4) is 0 Å². The van der Waals surface area contributed by atoms with Gasteiger partial charge < -0.3 is 24.8 Å². The molecule has 1 unspecified atom stereocenters. The Morgan fingerprint density at radius 2 is 1.24 bits per heavy atom. The van der Waals surface area contributed by atoms with Gasteiger partial charge in [-0.2, -0.15) is 0 Å². The number of carbonyl (C=O) groups excluding carboxylic acids is 2. The molecule has 0 aromatic heterocycles. The predicted octanol–water partition coefficient (Wildman–Crippen LogP) is 5.20. The molecule has 0 aliphatic heterocycles. The number of para-hydroxylation sites is 2. The fraction of sp³-hybridized carbons (Fsp3) is 0.133. The molecule has 0 saturated heterocycles. The van der Waals surface area contributed by atoms with Crippen LogP contribution in [-0.2, 0) is 20.9 Å². The molecule has 7 heteroatoms. The summed E-state index contributed by atoms with van der Waals surface area (Å²) < 4.78 is 17.1. The Bertz CT molecular complexity index is 1250. The van der Waals surface area contributed by atoms with Crippen LogP contribution >= 0.6 is 0 Å². The van der Waals surface area contributed by atoms with Gasteiger partial charge in [0.05, 0.1) is 13.2 Å². The van der Waals surface area contributed by atoms with E-state index >= 15 is 0 Å². The topological polar surface area (TPSA) is 85.9 Å². The number of carbonyl (C=O) groups is 2. The van der Waals surface area contributed by atoms with Crippen molar-refractivity contribution in [3.63, 3.8) is 0 Å². The van der Waals surface area contributed by atoms with Gasteiger partial charge in [-0.1, -0.05) is 66.7 Å². The minimum atomic E-state index is -0.921. The van der Waals surface area contributed by atoms with E-state index in [0.717, 1.165) is 11.3 Å². The van der Waals surface area contributed by atoms with E-state index in [0.29, 0.717) is 23.8 Å². The summed E-state index contributed by atoms with van der Waals surface area (Å²) in [5.74, 6) is 1.09. The summed E-state index contributed by atoms with van der Waals surface area (Å²) in [4.78, 5) is 25.6. The van der Waals surface area contributed by atoms with Crippen LogP contribution in [0.1, 0.15) is 5.56 Å². The van der Waals surface area contributed by atoms with Crippen LogP contribution in [0, 0.1) is 0 Å². The molecule has 2 amide bonds. The second kappa shape index (κ2) is 13.5. The lowest BCUT2D eigenvalue weighted by molar-refractivity contribution is -0.129. The highest BCUT2D eigenvalue weighted by molar-refractivity contribution is 5.97. The summed E-state index contributed by atoms with van der Waals surface area (Å²) in [5, 5.41) is 5.54. The first-order valence-electron chi connectivity index (χ1n) is 11.9. The third-order valence-electron chi connectivity index (χ3n) is 5.26. The van der Waals surface area contributed by atoms with Gasteiger partial charge in [0.2, 0.25) is 5.91 Å². The molecule has 0 bridgehead atoms. The van der Waals surface area contributed by atoms with Gasteiger partial charge in [-0.15, -0.1) is 0 Å². The fourth-order valence-electron chi connectivity index (χ4n) is 3.41. The summed E-state index contributed by atoms with van der Waals surface area (Å²) >= 11 is 0. The van der Waals surface area contributed by atoms with E-state index in [1.165, 1.54) is 0 Å². The van der Waals surface area contributed by atoms with E-state index in [-0.39, 0.29) is 13.2 Å². The second-order valence-electron chi connectivity index (χ2n) is 8.15. The molecule has 4 aromatic rings. The SMILES string of the molecule is O=C(COc1ccccc1)NC(COCc1ccccc1)C(=O)Nc1ccc(Oc2ccccc2)cc1. The van der Waals surface area contributed by atoms with Gasteiger partial charge in [-0.25, -0.2) is 0 Å². The van der Waals surface area contributed by atoms with Gasteiger partial charge in [-0.3, -0.25) is 9.59 Å². The minimum absolute atomic E-state index is 0.00694. The molecule has 4 rings (SSSR count). The molecular weight excluding hydrogens is 468 g/mol. The molecule has 7 nitrogen and oxygen atoms in total. The maximum absolute atomic E-state index is 13.1. The highest BCUT2D eigenvalue weighted by Crippen LogP contribution is 2.22. The zero-order valence-corrected chi connectivity index (χ0v) is 20.2. The molecule has 4 aromatic carbocycles. The normalized spacial score (nSPS) is 11.2. The molecule has 2 N–H and O–H groups in total. The Kier molecular flexibility index (Phi) is 9.27. The zero-order chi connectivity index (χ0) is 25.7. The van der Waals surface area contributed by atoms with Gasteiger partial charge in [0.1, 0.15) is 23.3 Å². The first kappa shape index (κ1) is 25.5. The Labute approximate surface area is 216 Å². The van der Waals surface area contributed by atoms with E-state index < -0.39 is 17.9 Å². The molecule has 0 saturated carbocycles. The number of rotatable bonds is 12. The van der Waals surface area contributed by atoms with Crippen molar-refractivity contribution in [2.24, 2.45) is 0 Å². The van der Waals surface area contributed by atoms with Gasteiger partial charge >= 0.3 is 0 Å². The van der Waals surface area contributed by atoms with Crippen molar-refractivity contribution in [1.82, 2.24) is 5.32 Å². The van der Waals surface area contributed by atoms with E-state index in [4.69, 9.17) is 14.2 Å². The Morgan fingerprint density at radius 1 is 0.676 bits per heavy atom. The van der Waals surface area contributed by atoms with Crippen molar-refractivity contribution in [2.75, 3.05) is 18.5 Å². The first-order chi connectivity index (χ1) is 18.2. The van der Waals surface area contributed by atoms with Crippen molar-refractivity contribution < 1.29 is 23.8 Å². The first-order valence-corrected chi connectivity index (χ1v) is 11.9. The lowest BCUT2D eigenvalue weighted by atomic mass is 10.2. The Balaban J connectivity index is 1.35. The van der Waals surface area contributed by atoms with E-state index in [1.54, 1.807) is 36.4 Å². The molecular formula is C30H28N2O5. The number of hydrogen-bond acceptors (Lipinski definition) is 5. The average Bonchev–Trinajstić information content (AvgIpc) is 2.94. The smallest absolute Gasteiger partial charge is 0.258 e. The summed E-state index contributed by atoms with van der Waals surface area (Å²) in [6.45, 7) is 0.0809. The van der Waals surface area contributed by atoms with Gasteiger partial charge in [0.25, 0.3) is 5.91 Å². The maximum atomic E-state index is 13.1. The average molecular weight is 497 g/mol. The summed E-state index contributed by atoms with van der Waals surface area (Å²) in [7, 11) is 0. The number of anilines is 1. The quantitative estimate of drug-likeness (QED) is 0.282. The molecule has 0 fully saturated rings. The molecule has 0 aliphatic rings. The van der Waals surface area contributed by atoms with Crippen LogP contribution < -0.4 is 20.1 Å². The Morgan fingerprint density at radius 3 is 1.89 bits per heavy atom. The van der Waals surface area contributed by atoms with Gasteiger partial charge in [0, 0.05) is 5.69 Å². The number of benzene rings is 4. The maximum Gasteiger partial charge on any atom is 0.258 e. The standard InChI is InChI=1S/C30H28N2O5/c33-29(22-36-25-12-6-2-7-13-25)32-28(21-35-20-23-10-4-1-5-11-23)30(34)31-24-16-18-27(19-17-24)37-26-14-8-3-9-15-26/h1-19,28H,20-22H2,(H,31,34)(H,32,33). The third-order valence-corrected chi connectivity index (χ3v) is 5.26. The van der Waals surface area contributed by atoms with Gasteiger partial charge in [0.15, 0.2) is 6.61 Å². The van der Waals surface area contributed by atoms with E-state index in [1.807, 2.05) is 78.9 Å². The molecule has 1 atom stereocenters. The summed E-state index contributed by atoms with van der Waals surface area (Å²) in [6, 6.07) is 34.1. The van der Waals surface area contributed by atoms with Crippen molar-refractivity contribution >= 4 is 17.5 Å². The van der Waals surface area contributed by atoms with E-state index in [9.17, 15) is 9.59 Å². The largest absolute Gasteiger partial charge is 0.484 e. The van der Waals surface area contributed by atoms with Crippen molar-refractivity contribution in [1.29, 1.82) is 0 Å². The lowest BCUT2D eigenvalue weighted by Gasteiger charge is -2.19. The third kappa shape index (κ3) is 8.52. The molecule has 188 valence electrons. The summed E-state index contributed by atoms with van der Waals surface area (Å²) in [5.41, 5.74) is 1.53. The summed E-state index contributed by atoms with van der Waals surface area (Å²) in [6.07, 6.45) is 0. The van der Waals surface area contributed by atoms with Crippen molar-refractivity contribution in [2.45, 2.75) is 12.6 Å². The predicted molar refractivity (Wildman–Crippen MR) is 142 cm³/mol. The number of hydrogen-bond donors (Lipinski definition) is 2. The monoisotopic (exact) mass is 496 g/mol. The molecule has 0 heterocycles. The highest BCUT2D eigenvalue weighted by Gasteiger charge is 2.22. The van der Waals surface area contributed by atoms with Crippen molar-refractivity contribution in [3.8, 4) is 17.2 Å². The molecule has 0 aliphatic carbocycles. The van der Waals surface area contributed by atoms with E-state index in [2.05, 4.69) is 10.6 Å². The fourth-order valence-corrected chi connectivity index (χ4v) is 3.41. The molecule has 0 spiro atoms. The minimum Gasteiger partial charge on any atom is -0.484 e. The Hall–Kier alpha value is -4.62. The van der Waals surface area contributed by atoms with Crippen LogP contribution in [-0.4, -0.2) is 31.1 Å². The van der Waals surface area contributed by atoms with Crippen LogP contribution in [0.4, 0.5) is 5.69 Å². The lowest BCUT2D eigenvalue weighted by Crippen LogP contribution is -2.48. The van der Waals surface area contributed by atoms with Crippen LogP contribution in [0.25, 0.3) is 0 Å². The number of amides is 2. The van der Waals surface area contributed by atoms with Crippen LogP contribution in [0.15, 0.2) is 115 Å². The highest BCUT2D eigenvalue weighted by atomic mass is 16.5. The molecule has 37 heavy (non-hydrogen) atoms. The molecule has 0 radical (unpaired) electrons.